The van der Waals surface area contributed by atoms with E-state index in [4.69, 9.17) is 22.1 Å². The van der Waals surface area contributed by atoms with Gasteiger partial charge in [-0.15, -0.1) is 0 Å². The first-order valence-electron chi connectivity index (χ1n) is 4.03. The predicted octanol–water partition coefficient (Wildman–Crippen LogP) is 1.74. The SMILES string of the molecule is N[C@@H]1COc2c(ccc(Cl)c2F)C1. The molecule has 0 saturated heterocycles. The van der Waals surface area contributed by atoms with E-state index in [-0.39, 0.29) is 16.8 Å². The molecule has 0 aromatic heterocycles. The molecule has 1 atom stereocenters. The smallest absolute Gasteiger partial charge is 0.183 e. The topological polar surface area (TPSA) is 35.2 Å². The van der Waals surface area contributed by atoms with Crippen molar-refractivity contribution >= 4 is 11.6 Å². The molecule has 1 aromatic rings. The number of benzene rings is 1. The Morgan fingerprint density at radius 1 is 1.54 bits per heavy atom. The van der Waals surface area contributed by atoms with E-state index in [0.29, 0.717) is 13.0 Å². The highest BCUT2D eigenvalue weighted by Crippen LogP contribution is 2.31. The van der Waals surface area contributed by atoms with Gasteiger partial charge >= 0.3 is 0 Å². The Labute approximate surface area is 80.4 Å². The maximum Gasteiger partial charge on any atom is 0.183 e. The van der Waals surface area contributed by atoms with E-state index in [1.807, 2.05) is 0 Å². The largest absolute Gasteiger partial charge is 0.489 e. The van der Waals surface area contributed by atoms with E-state index in [1.165, 1.54) is 6.07 Å². The highest BCUT2D eigenvalue weighted by atomic mass is 35.5. The summed E-state index contributed by atoms with van der Waals surface area (Å²) >= 11 is 5.60. The fourth-order valence-electron chi connectivity index (χ4n) is 1.42. The van der Waals surface area contributed by atoms with Crippen LogP contribution in [0.2, 0.25) is 5.02 Å². The Hall–Kier alpha value is -0.800. The van der Waals surface area contributed by atoms with Gasteiger partial charge in [0.1, 0.15) is 6.61 Å². The molecule has 2 nitrogen and oxygen atoms in total. The maximum absolute atomic E-state index is 13.3. The van der Waals surface area contributed by atoms with Crippen LogP contribution < -0.4 is 10.5 Å². The molecule has 2 rings (SSSR count). The predicted molar refractivity (Wildman–Crippen MR) is 48.6 cm³/mol. The van der Waals surface area contributed by atoms with Crippen LogP contribution in [0.25, 0.3) is 0 Å². The molecular formula is C9H9ClFNO. The second-order valence-corrected chi connectivity index (χ2v) is 3.53. The first-order valence-corrected chi connectivity index (χ1v) is 4.41. The molecule has 70 valence electrons. The van der Waals surface area contributed by atoms with Crippen LogP contribution in [0, 0.1) is 5.82 Å². The number of nitrogens with two attached hydrogens (primary N) is 1. The molecule has 1 aliphatic heterocycles. The summed E-state index contributed by atoms with van der Waals surface area (Å²) < 4.78 is 18.5. The summed E-state index contributed by atoms with van der Waals surface area (Å²) in [5.41, 5.74) is 6.45. The van der Waals surface area contributed by atoms with Gasteiger partial charge in [0.15, 0.2) is 11.6 Å². The molecule has 0 bridgehead atoms. The summed E-state index contributed by atoms with van der Waals surface area (Å²) in [6, 6.07) is 3.23. The van der Waals surface area contributed by atoms with Crippen molar-refractivity contribution in [2.75, 3.05) is 6.61 Å². The second kappa shape index (κ2) is 3.16. The zero-order valence-corrected chi connectivity index (χ0v) is 7.64. The van der Waals surface area contributed by atoms with Gasteiger partial charge in [0.05, 0.1) is 5.02 Å². The fraction of sp³-hybridized carbons (Fsp3) is 0.333. The number of fused-ring (bicyclic) bond motifs is 1. The minimum Gasteiger partial charge on any atom is -0.489 e. The minimum atomic E-state index is -0.480. The van der Waals surface area contributed by atoms with Gasteiger partial charge < -0.3 is 10.5 Å². The molecule has 1 aliphatic rings. The lowest BCUT2D eigenvalue weighted by Crippen LogP contribution is -2.34. The number of rotatable bonds is 0. The summed E-state index contributed by atoms with van der Waals surface area (Å²) in [5.74, 6) is -0.222. The van der Waals surface area contributed by atoms with Gasteiger partial charge in [-0.3, -0.25) is 0 Å². The Kier molecular flexibility index (Phi) is 2.14. The van der Waals surface area contributed by atoms with Crippen LogP contribution in [0.3, 0.4) is 0 Å². The van der Waals surface area contributed by atoms with Gasteiger partial charge in [-0.25, -0.2) is 4.39 Å². The van der Waals surface area contributed by atoms with Crippen molar-refractivity contribution < 1.29 is 9.13 Å². The third-order valence-corrected chi connectivity index (χ3v) is 2.35. The highest BCUT2D eigenvalue weighted by Gasteiger charge is 2.21. The van der Waals surface area contributed by atoms with Crippen molar-refractivity contribution in [1.29, 1.82) is 0 Å². The van der Waals surface area contributed by atoms with Crippen molar-refractivity contribution in [2.24, 2.45) is 5.73 Å². The van der Waals surface area contributed by atoms with Crippen LogP contribution in [0.5, 0.6) is 5.75 Å². The Morgan fingerprint density at radius 2 is 2.31 bits per heavy atom. The number of halogens is 2. The number of ether oxygens (including phenoxy) is 1. The normalized spacial score (nSPS) is 20.7. The number of hydrogen-bond donors (Lipinski definition) is 1. The highest BCUT2D eigenvalue weighted by molar-refractivity contribution is 6.30. The van der Waals surface area contributed by atoms with Crippen molar-refractivity contribution in [3.63, 3.8) is 0 Å². The lowest BCUT2D eigenvalue weighted by atomic mass is 10.0. The molecular weight excluding hydrogens is 193 g/mol. The van der Waals surface area contributed by atoms with Crippen molar-refractivity contribution in [1.82, 2.24) is 0 Å². The number of hydrogen-bond acceptors (Lipinski definition) is 2. The lowest BCUT2D eigenvalue weighted by Gasteiger charge is -2.22. The molecule has 1 aromatic carbocycles. The van der Waals surface area contributed by atoms with Crippen LogP contribution >= 0.6 is 11.6 Å². The van der Waals surface area contributed by atoms with Crippen LogP contribution in [0.4, 0.5) is 4.39 Å². The van der Waals surface area contributed by atoms with Crippen molar-refractivity contribution in [3.05, 3.63) is 28.5 Å². The summed E-state index contributed by atoms with van der Waals surface area (Å²) in [7, 11) is 0. The molecule has 2 N–H and O–H groups in total. The summed E-state index contributed by atoms with van der Waals surface area (Å²) in [6.45, 7) is 0.351. The lowest BCUT2D eigenvalue weighted by molar-refractivity contribution is 0.251. The van der Waals surface area contributed by atoms with Gasteiger partial charge in [-0.1, -0.05) is 17.7 Å². The Balaban J connectivity index is 2.47. The Bertz CT molecular complexity index is 343. The monoisotopic (exact) mass is 201 g/mol. The van der Waals surface area contributed by atoms with Crippen LogP contribution in [0.15, 0.2) is 12.1 Å². The van der Waals surface area contributed by atoms with Gasteiger partial charge in [0.25, 0.3) is 0 Å². The van der Waals surface area contributed by atoms with Gasteiger partial charge in [0.2, 0.25) is 0 Å². The van der Waals surface area contributed by atoms with Gasteiger partial charge in [-0.2, -0.15) is 0 Å². The van der Waals surface area contributed by atoms with E-state index in [0.717, 1.165) is 5.56 Å². The molecule has 0 radical (unpaired) electrons. The van der Waals surface area contributed by atoms with Crippen molar-refractivity contribution in [3.8, 4) is 5.75 Å². The van der Waals surface area contributed by atoms with Crippen LogP contribution in [-0.2, 0) is 6.42 Å². The standard InChI is InChI=1S/C9H9ClFNO/c10-7-2-1-5-3-6(12)4-13-9(5)8(7)11/h1-2,6H,3-4,12H2/t6-/m0/s1. The van der Waals surface area contributed by atoms with E-state index >= 15 is 0 Å². The molecule has 0 aliphatic carbocycles. The summed E-state index contributed by atoms with van der Waals surface area (Å²) in [4.78, 5) is 0. The molecule has 4 heteroatoms. The first kappa shape index (κ1) is 8.78. The van der Waals surface area contributed by atoms with E-state index in [9.17, 15) is 4.39 Å². The molecule has 0 fully saturated rings. The van der Waals surface area contributed by atoms with E-state index in [2.05, 4.69) is 0 Å². The Morgan fingerprint density at radius 3 is 3.08 bits per heavy atom. The molecule has 0 amide bonds. The minimum absolute atomic E-state index is 0.0481. The third kappa shape index (κ3) is 1.49. The zero-order chi connectivity index (χ0) is 9.42. The molecule has 0 saturated carbocycles. The summed E-state index contributed by atoms with van der Waals surface area (Å²) in [6.07, 6.45) is 0.642. The van der Waals surface area contributed by atoms with Gasteiger partial charge in [0, 0.05) is 6.04 Å². The third-order valence-electron chi connectivity index (χ3n) is 2.06. The van der Waals surface area contributed by atoms with Crippen LogP contribution in [0.1, 0.15) is 5.56 Å². The maximum atomic E-state index is 13.3. The molecule has 1 heterocycles. The van der Waals surface area contributed by atoms with Crippen LogP contribution in [-0.4, -0.2) is 12.6 Å². The molecule has 0 spiro atoms. The fourth-order valence-corrected chi connectivity index (χ4v) is 1.57. The molecule has 0 unspecified atom stereocenters. The average molecular weight is 202 g/mol. The average Bonchev–Trinajstić information content (AvgIpc) is 2.12. The van der Waals surface area contributed by atoms with Gasteiger partial charge in [-0.05, 0) is 18.1 Å². The first-order chi connectivity index (χ1) is 6.18. The quantitative estimate of drug-likeness (QED) is 0.694. The van der Waals surface area contributed by atoms with E-state index in [1.54, 1.807) is 6.07 Å². The molecule has 13 heavy (non-hydrogen) atoms. The zero-order valence-electron chi connectivity index (χ0n) is 6.89. The second-order valence-electron chi connectivity index (χ2n) is 3.12. The van der Waals surface area contributed by atoms with E-state index < -0.39 is 5.82 Å². The van der Waals surface area contributed by atoms with Crippen molar-refractivity contribution in [2.45, 2.75) is 12.5 Å². The summed E-state index contributed by atoms with van der Waals surface area (Å²) in [5, 5.41) is 0.0919.